The number of allylic oxidation sites excluding steroid dienone is 3. The van der Waals surface area contributed by atoms with Crippen LogP contribution in [0, 0.1) is 0 Å². The molecule has 1 atom stereocenters. The van der Waals surface area contributed by atoms with Crippen molar-refractivity contribution in [3.05, 3.63) is 93.8 Å². The molecule has 4 nitrogen and oxygen atoms in total. The lowest BCUT2D eigenvalue weighted by molar-refractivity contribution is -0.140. The number of carbonyl (C=O) groups excluding carboxylic acids is 2. The lowest BCUT2D eigenvalue weighted by Gasteiger charge is -2.34. The Morgan fingerprint density at radius 1 is 1.03 bits per heavy atom. The van der Waals surface area contributed by atoms with Gasteiger partial charge in [0.2, 0.25) is 0 Å². The maximum atomic E-state index is 13.2. The maximum Gasteiger partial charge on any atom is 0.337 e. The number of esters is 1. The van der Waals surface area contributed by atoms with Crippen molar-refractivity contribution in [2.75, 3.05) is 0 Å². The molecule has 0 radical (unpaired) electrons. The van der Waals surface area contributed by atoms with E-state index in [0.717, 1.165) is 47.4 Å². The number of hydrogen-bond donors (Lipinski definition) is 1. The van der Waals surface area contributed by atoms with Crippen LogP contribution in [0.15, 0.2) is 77.1 Å². The highest BCUT2D eigenvalue weighted by Crippen LogP contribution is 2.42. The Morgan fingerprint density at radius 2 is 1.77 bits per heavy atom. The Kier molecular flexibility index (Phi) is 5.84. The Bertz CT molecular complexity index is 1020. The standard InChI is InChI=1S/C26H27NO3/c1-3-18-12-14-20(15-13-18)24-23(26(29)30-16-19-8-5-4-6-9-19)17(2)27-21-10-7-11-22(28)25(21)24/h4-6,8-9,12-15,24,27H,3,7,10-11,16H2,1-2H3/t24-/m0/s1. The summed E-state index contributed by atoms with van der Waals surface area (Å²) in [4.78, 5) is 26.1. The van der Waals surface area contributed by atoms with Crippen LogP contribution in [0.1, 0.15) is 55.7 Å². The fourth-order valence-electron chi connectivity index (χ4n) is 4.33. The first kappa shape index (κ1) is 20.1. The number of carbonyl (C=O) groups is 2. The number of ketones is 1. The van der Waals surface area contributed by atoms with Crippen molar-refractivity contribution in [3.63, 3.8) is 0 Å². The Balaban J connectivity index is 1.70. The quantitative estimate of drug-likeness (QED) is 0.720. The minimum Gasteiger partial charge on any atom is -0.457 e. The van der Waals surface area contributed by atoms with E-state index in [9.17, 15) is 9.59 Å². The van der Waals surface area contributed by atoms with Gasteiger partial charge in [-0.25, -0.2) is 4.79 Å². The van der Waals surface area contributed by atoms with Gasteiger partial charge in [0, 0.05) is 29.3 Å². The first-order valence-electron chi connectivity index (χ1n) is 10.6. The molecule has 0 bridgehead atoms. The van der Waals surface area contributed by atoms with Crippen LogP contribution < -0.4 is 5.32 Å². The molecule has 1 heterocycles. The molecule has 0 aromatic heterocycles. The monoisotopic (exact) mass is 401 g/mol. The first-order valence-corrected chi connectivity index (χ1v) is 10.6. The number of benzene rings is 2. The summed E-state index contributed by atoms with van der Waals surface area (Å²) in [5.74, 6) is -0.643. The predicted molar refractivity (Wildman–Crippen MR) is 117 cm³/mol. The van der Waals surface area contributed by atoms with Gasteiger partial charge in [-0.3, -0.25) is 4.79 Å². The zero-order valence-corrected chi connectivity index (χ0v) is 17.5. The fraction of sp³-hybridized carbons (Fsp3) is 0.308. The SMILES string of the molecule is CCc1ccc([C@H]2C(C(=O)OCc3ccccc3)=C(C)NC3=C2C(=O)CCC3)cc1. The third-order valence-corrected chi connectivity index (χ3v) is 5.93. The molecule has 4 heteroatoms. The van der Waals surface area contributed by atoms with Crippen molar-refractivity contribution < 1.29 is 14.3 Å². The second kappa shape index (κ2) is 8.70. The summed E-state index contributed by atoms with van der Waals surface area (Å²) in [7, 11) is 0. The van der Waals surface area contributed by atoms with Crippen molar-refractivity contribution >= 4 is 11.8 Å². The van der Waals surface area contributed by atoms with Gasteiger partial charge < -0.3 is 10.1 Å². The van der Waals surface area contributed by atoms with Crippen LogP contribution in [0.3, 0.4) is 0 Å². The zero-order valence-electron chi connectivity index (χ0n) is 17.5. The summed E-state index contributed by atoms with van der Waals surface area (Å²) in [6, 6.07) is 17.9. The van der Waals surface area contributed by atoms with Crippen LogP contribution >= 0.6 is 0 Å². The number of ether oxygens (including phenoxy) is 1. The van der Waals surface area contributed by atoms with Crippen LogP contribution in [-0.2, 0) is 27.4 Å². The van der Waals surface area contributed by atoms with E-state index in [2.05, 4.69) is 24.4 Å². The van der Waals surface area contributed by atoms with E-state index in [-0.39, 0.29) is 24.3 Å². The van der Waals surface area contributed by atoms with Crippen molar-refractivity contribution in [1.82, 2.24) is 5.32 Å². The molecule has 0 saturated heterocycles. The van der Waals surface area contributed by atoms with E-state index < -0.39 is 0 Å². The molecule has 0 spiro atoms. The first-order chi connectivity index (χ1) is 14.6. The molecular weight excluding hydrogens is 374 g/mol. The number of rotatable bonds is 5. The summed E-state index contributed by atoms with van der Waals surface area (Å²) in [6.07, 6.45) is 3.14. The Morgan fingerprint density at radius 3 is 2.47 bits per heavy atom. The molecule has 1 N–H and O–H groups in total. The Labute approximate surface area is 177 Å². The molecule has 0 amide bonds. The van der Waals surface area contributed by atoms with Crippen molar-refractivity contribution in [2.45, 2.75) is 52.1 Å². The van der Waals surface area contributed by atoms with Crippen LogP contribution in [0.5, 0.6) is 0 Å². The van der Waals surface area contributed by atoms with Gasteiger partial charge in [0.15, 0.2) is 5.78 Å². The van der Waals surface area contributed by atoms with Gasteiger partial charge in [-0.2, -0.15) is 0 Å². The molecule has 2 aromatic rings. The maximum absolute atomic E-state index is 13.2. The minimum absolute atomic E-state index is 0.120. The van der Waals surface area contributed by atoms with Gasteiger partial charge in [0.05, 0.1) is 5.57 Å². The van der Waals surface area contributed by atoms with Gasteiger partial charge in [0.1, 0.15) is 6.61 Å². The molecule has 1 aliphatic carbocycles. The molecule has 2 aromatic carbocycles. The number of Topliss-reactive ketones (excluding diaryl/α,β-unsaturated/α-hetero) is 1. The van der Waals surface area contributed by atoms with Crippen molar-refractivity contribution in [1.29, 1.82) is 0 Å². The van der Waals surface area contributed by atoms with E-state index in [4.69, 9.17) is 4.74 Å². The van der Waals surface area contributed by atoms with E-state index in [1.807, 2.05) is 49.4 Å². The number of dihydropyridines is 1. The molecule has 30 heavy (non-hydrogen) atoms. The largest absolute Gasteiger partial charge is 0.457 e. The molecule has 1 aliphatic heterocycles. The number of nitrogens with one attached hydrogen (secondary N) is 1. The summed E-state index contributed by atoms with van der Waals surface area (Å²) in [5, 5.41) is 3.34. The second-order valence-electron chi connectivity index (χ2n) is 7.92. The average Bonchev–Trinajstić information content (AvgIpc) is 2.77. The summed E-state index contributed by atoms with van der Waals surface area (Å²) >= 11 is 0. The molecular formula is C26H27NO3. The van der Waals surface area contributed by atoms with E-state index in [0.29, 0.717) is 12.0 Å². The number of aryl methyl sites for hydroxylation is 1. The average molecular weight is 402 g/mol. The normalized spacial score (nSPS) is 18.7. The third kappa shape index (κ3) is 3.95. The van der Waals surface area contributed by atoms with Crippen LogP contribution in [0.25, 0.3) is 0 Å². The smallest absolute Gasteiger partial charge is 0.337 e. The minimum atomic E-state index is -0.386. The van der Waals surface area contributed by atoms with E-state index in [1.165, 1.54) is 5.56 Å². The van der Waals surface area contributed by atoms with E-state index >= 15 is 0 Å². The third-order valence-electron chi connectivity index (χ3n) is 5.93. The molecule has 4 rings (SSSR count). The highest BCUT2D eigenvalue weighted by molar-refractivity contribution is 6.03. The van der Waals surface area contributed by atoms with Gasteiger partial charge in [0.25, 0.3) is 0 Å². The lowest BCUT2D eigenvalue weighted by Crippen LogP contribution is -2.34. The molecule has 0 fully saturated rings. The molecule has 2 aliphatic rings. The molecule has 154 valence electrons. The lowest BCUT2D eigenvalue weighted by atomic mass is 9.75. The van der Waals surface area contributed by atoms with Gasteiger partial charge >= 0.3 is 5.97 Å². The molecule has 0 saturated carbocycles. The fourth-order valence-corrected chi connectivity index (χ4v) is 4.33. The zero-order chi connectivity index (χ0) is 21.1. The highest BCUT2D eigenvalue weighted by Gasteiger charge is 2.39. The summed E-state index contributed by atoms with van der Waals surface area (Å²) < 4.78 is 5.68. The van der Waals surface area contributed by atoms with Crippen molar-refractivity contribution in [3.8, 4) is 0 Å². The molecule has 0 unspecified atom stereocenters. The summed E-state index contributed by atoms with van der Waals surface area (Å²) in [5.41, 5.74) is 6.10. The van der Waals surface area contributed by atoms with E-state index in [1.54, 1.807) is 0 Å². The topological polar surface area (TPSA) is 55.4 Å². The second-order valence-corrected chi connectivity index (χ2v) is 7.92. The van der Waals surface area contributed by atoms with Gasteiger partial charge in [-0.15, -0.1) is 0 Å². The summed E-state index contributed by atoms with van der Waals surface area (Å²) in [6.45, 7) is 4.22. The van der Waals surface area contributed by atoms with Crippen LogP contribution in [0.2, 0.25) is 0 Å². The highest BCUT2D eigenvalue weighted by atomic mass is 16.5. The number of hydrogen-bond acceptors (Lipinski definition) is 4. The Hall–Kier alpha value is -3.14. The van der Waals surface area contributed by atoms with Crippen molar-refractivity contribution in [2.24, 2.45) is 0 Å². The van der Waals surface area contributed by atoms with Gasteiger partial charge in [-0.1, -0.05) is 61.5 Å². The van der Waals surface area contributed by atoms with Crippen LogP contribution in [0.4, 0.5) is 0 Å². The van der Waals surface area contributed by atoms with Crippen LogP contribution in [-0.4, -0.2) is 11.8 Å². The predicted octanol–water partition coefficient (Wildman–Crippen LogP) is 4.96. The van der Waals surface area contributed by atoms with Gasteiger partial charge in [-0.05, 0) is 42.9 Å².